The fourth-order valence-corrected chi connectivity index (χ4v) is 2.57. The van der Waals surface area contributed by atoms with Crippen molar-refractivity contribution < 1.29 is 9.59 Å². The number of urea groups is 1. The summed E-state index contributed by atoms with van der Waals surface area (Å²) in [5.74, 6) is 0.471. The highest BCUT2D eigenvalue weighted by Crippen LogP contribution is 2.21. The van der Waals surface area contributed by atoms with Gasteiger partial charge in [0.1, 0.15) is 5.82 Å². The molecule has 0 aliphatic carbocycles. The molecule has 0 saturated carbocycles. The Morgan fingerprint density at radius 2 is 1.81 bits per heavy atom. The third-order valence-corrected chi connectivity index (χ3v) is 4.00. The van der Waals surface area contributed by atoms with Gasteiger partial charge in [0.25, 0.3) is 0 Å². The molecule has 1 aromatic carbocycles. The zero-order valence-electron chi connectivity index (χ0n) is 15.4. The van der Waals surface area contributed by atoms with Crippen LogP contribution in [0.2, 0.25) is 0 Å². The van der Waals surface area contributed by atoms with Crippen LogP contribution in [0.3, 0.4) is 0 Å². The van der Waals surface area contributed by atoms with Crippen LogP contribution in [0, 0.1) is 6.92 Å². The van der Waals surface area contributed by atoms with Gasteiger partial charge in [-0.2, -0.15) is 5.10 Å². The number of anilines is 2. The van der Waals surface area contributed by atoms with Crippen molar-refractivity contribution in [2.45, 2.75) is 39.7 Å². The van der Waals surface area contributed by atoms with Crippen molar-refractivity contribution in [1.82, 2.24) is 15.1 Å². The highest BCUT2D eigenvalue weighted by atomic mass is 79.9. The van der Waals surface area contributed by atoms with Gasteiger partial charge in [-0.1, -0.05) is 15.9 Å². The van der Waals surface area contributed by atoms with Crippen molar-refractivity contribution in [3.05, 3.63) is 40.5 Å². The van der Waals surface area contributed by atoms with E-state index >= 15 is 0 Å². The van der Waals surface area contributed by atoms with Crippen LogP contribution in [0.1, 0.15) is 32.9 Å². The molecular formula is C18H24BrN5O2. The second kappa shape index (κ2) is 8.35. The molecule has 3 N–H and O–H groups in total. The molecule has 0 fully saturated rings. The maximum atomic E-state index is 12.1. The van der Waals surface area contributed by atoms with Crippen LogP contribution in [0.25, 0.3) is 0 Å². The normalized spacial score (nSPS) is 11.1. The van der Waals surface area contributed by atoms with E-state index in [4.69, 9.17) is 0 Å². The number of nitrogens with one attached hydrogen (secondary N) is 3. The fraction of sp³-hybridized carbons (Fsp3) is 0.389. The molecule has 0 unspecified atom stereocenters. The molecule has 0 aliphatic heterocycles. The first-order valence-corrected chi connectivity index (χ1v) is 9.12. The summed E-state index contributed by atoms with van der Waals surface area (Å²) in [5, 5.41) is 12.6. The molecule has 0 aliphatic rings. The standard InChI is InChI=1S/C18H24BrN5O2/c1-12-11-15(24(23-12)18(2,3)4)22-16(25)9-10-20-17(26)21-14-7-5-13(19)6-8-14/h5-8,11H,9-10H2,1-4H3,(H,22,25)(H2,20,21,26). The number of hydrogen-bond acceptors (Lipinski definition) is 3. The van der Waals surface area contributed by atoms with Crippen LogP contribution >= 0.6 is 15.9 Å². The summed E-state index contributed by atoms with van der Waals surface area (Å²) in [6, 6.07) is 8.72. The molecule has 0 atom stereocenters. The number of carbonyl (C=O) groups is 2. The fourth-order valence-electron chi connectivity index (χ4n) is 2.30. The van der Waals surface area contributed by atoms with Crippen LogP contribution in [-0.4, -0.2) is 28.3 Å². The van der Waals surface area contributed by atoms with Gasteiger partial charge < -0.3 is 16.0 Å². The first-order chi connectivity index (χ1) is 12.1. The lowest BCUT2D eigenvalue weighted by Gasteiger charge is -2.22. The molecule has 2 rings (SSSR count). The summed E-state index contributed by atoms with van der Waals surface area (Å²) in [5.41, 5.74) is 1.28. The van der Waals surface area contributed by atoms with Crippen molar-refractivity contribution in [3.8, 4) is 0 Å². The average molecular weight is 422 g/mol. The largest absolute Gasteiger partial charge is 0.337 e. The summed E-state index contributed by atoms with van der Waals surface area (Å²) in [7, 11) is 0. The van der Waals surface area contributed by atoms with E-state index < -0.39 is 0 Å². The monoisotopic (exact) mass is 421 g/mol. The second-order valence-corrected chi connectivity index (χ2v) is 7.86. The number of halogens is 1. The van der Waals surface area contributed by atoms with Crippen molar-refractivity contribution in [3.63, 3.8) is 0 Å². The summed E-state index contributed by atoms with van der Waals surface area (Å²) in [6.07, 6.45) is 0.169. The third kappa shape index (κ3) is 5.87. The molecule has 1 heterocycles. The van der Waals surface area contributed by atoms with E-state index in [1.807, 2.05) is 45.9 Å². The zero-order valence-corrected chi connectivity index (χ0v) is 17.0. The van der Waals surface area contributed by atoms with Gasteiger partial charge in [0, 0.05) is 29.2 Å². The predicted molar refractivity (Wildman–Crippen MR) is 106 cm³/mol. The van der Waals surface area contributed by atoms with Crippen LogP contribution in [0.15, 0.2) is 34.8 Å². The highest BCUT2D eigenvalue weighted by Gasteiger charge is 2.19. The third-order valence-electron chi connectivity index (χ3n) is 3.47. The van der Waals surface area contributed by atoms with Gasteiger partial charge in [-0.05, 0) is 52.0 Å². The molecular weight excluding hydrogens is 398 g/mol. The minimum Gasteiger partial charge on any atom is -0.337 e. The molecule has 0 bridgehead atoms. The smallest absolute Gasteiger partial charge is 0.319 e. The molecule has 3 amide bonds. The number of nitrogens with zero attached hydrogens (tertiary/aromatic N) is 2. The minimum absolute atomic E-state index is 0.169. The number of hydrogen-bond donors (Lipinski definition) is 3. The summed E-state index contributed by atoms with van der Waals surface area (Å²) < 4.78 is 2.72. The van der Waals surface area contributed by atoms with E-state index in [2.05, 4.69) is 37.0 Å². The lowest BCUT2D eigenvalue weighted by molar-refractivity contribution is -0.116. The van der Waals surface area contributed by atoms with Gasteiger partial charge in [0.15, 0.2) is 0 Å². The van der Waals surface area contributed by atoms with Gasteiger partial charge >= 0.3 is 6.03 Å². The van der Waals surface area contributed by atoms with E-state index in [1.165, 1.54) is 0 Å². The summed E-state index contributed by atoms with van der Waals surface area (Å²) in [4.78, 5) is 24.0. The minimum atomic E-state index is -0.351. The molecule has 7 nitrogen and oxygen atoms in total. The number of benzene rings is 1. The van der Waals surface area contributed by atoms with E-state index in [1.54, 1.807) is 16.8 Å². The summed E-state index contributed by atoms with van der Waals surface area (Å²) in [6.45, 7) is 8.16. The maximum Gasteiger partial charge on any atom is 0.319 e. The van der Waals surface area contributed by atoms with Gasteiger partial charge in [-0.3, -0.25) is 4.79 Å². The molecule has 0 radical (unpaired) electrons. The molecule has 0 saturated heterocycles. The van der Waals surface area contributed by atoms with Crippen LogP contribution < -0.4 is 16.0 Å². The van der Waals surface area contributed by atoms with Gasteiger partial charge in [-0.15, -0.1) is 0 Å². The Bertz CT molecular complexity index is 778. The van der Waals surface area contributed by atoms with Crippen LogP contribution in [0.4, 0.5) is 16.3 Å². The molecule has 2 aromatic rings. The van der Waals surface area contributed by atoms with Crippen molar-refractivity contribution in [1.29, 1.82) is 0 Å². The molecule has 26 heavy (non-hydrogen) atoms. The quantitative estimate of drug-likeness (QED) is 0.684. The lowest BCUT2D eigenvalue weighted by Crippen LogP contribution is -2.32. The number of aromatic nitrogens is 2. The number of carbonyl (C=O) groups excluding carboxylic acids is 2. The predicted octanol–water partition coefficient (Wildman–Crippen LogP) is 3.86. The second-order valence-electron chi connectivity index (χ2n) is 6.94. The topological polar surface area (TPSA) is 88.0 Å². The van der Waals surface area contributed by atoms with Gasteiger partial charge in [0.2, 0.25) is 5.91 Å². The first-order valence-electron chi connectivity index (χ1n) is 8.32. The van der Waals surface area contributed by atoms with Crippen LogP contribution in [0.5, 0.6) is 0 Å². The molecule has 8 heteroatoms. The van der Waals surface area contributed by atoms with Gasteiger partial charge in [-0.25, -0.2) is 9.48 Å². The van der Waals surface area contributed by atoms with Crippen molar-refractivity contribution >= 4 is 39.4 Å². The Morgan fingerprint density at radius 1 is 1.15 bits per heavy atom. The lowest BCUT2D eigenvalue weighted by atomic mass is 10.1. The SMILES string of the molecule is Cc1cc(NC(=O)CCNC(=O)Nc2ccc(Br)cc2)n(C(C)(C)C)n1. The maximum absolute atomic E-state index is 12.1. The molecule has 0 spiro atoms. The summed E-state index contributed by atoms with van der Waals surface area (Å²) >= 11 is 3.34. The van der Waals surface area contributed by atoms with Gasteiger partial charge in [0.05, 0.1) is 11.2 Å². The first kappa shape index (κ1) is 20.0. The zero-order chi connectivity index (χ0) is 19.3. The van der Waals surface area contributed by atoms with E-state index in [0.717, 1.165) is 10.2 Å². The Morgan fingerprint density at radius 3 is 2.42 bits per heavy atom. The van der Waals surface area contributed by atoms with E-state index in [9.17, 15) is 9.59 Å². The molecule has 140 valence electrons. The van der Waals surface area contributed by atoms with E-state index in [0.29, 0.717) is 11.5 Å². The molecule has 1 aromatic heterocycles. The Kier molecular flexibility index (Phi) is 6.42. The van der Waals surface area contributed by atoms with Crippen molar-refractivity contribution in [2.75, 3.05) is 17.2 Å². The highest BCUT2D eigenvalue weighted by molar-refractivity contribution is 9.10. The average Bonchev–Trinajstić information content (AvgIpc) is 2.90. The van der Waals surface area contributed by atoms with Crippen molar-refractivity contribution in [2.24, 2.45) is 0 Å². The Balaban J connectivity index is 1.80. The number of aryl methyl sites for hydroxylation is 1. The Hall–Kier alpha value is -2.35. The van der Waals surface area contributed by atoms with Crippen LogP contribution in [-0.2, 0) is 10.3 Å². The Labute approximate surface area is 161 Å². The number of amides is 3. The number of rotatable bonds is 5. The van der Waals surface area contributed by atoms with E-state index in [-0.39, 0.29) is 30.4 Å².